The van der Waals surface area contributed by atoms with Crippen molar-refractivity contribution in [3.8, 4) is 11.1 Å². The van der Waals surface area contributed by atoms with Crippen LogP contribution in [-0.2, 0) is 19.1 Å². The maximum absolute atomic E-state index is 12.4. The van der Waals surface area contributed by atoms with Gasteiger partial charge in [-0.1, -0.05) is 67.4 Å². The number of amides is 2. The summed E-state index contributed by atoms with van der Waals surface area (Å²) in [7, 11) is 0. The summed E-state index contributed by atoms with van der Waals surface area (Å²) in [5, 5.41) is 0. The van der Waals surface area contributed by atoms with Gasteiger partial charge in [0.15, 0.2) is 12.4 Å². The van der Waals surface area contributed by atoms with Crippen molar-refractivity contribution < 1.29 is 23.9 Å². The van der Waals surface area contributed by atoms with Crippen LogP contribution in [0, 0.1) is 11.8 Å². The first-order valence-electron chi connectivity index (χ1n) is 10.7. The average molecular weight is 419 g/mol. The van der Waals surface area contributed by atoms with E-state index in [4.69, 9.17) is 4.74 Å². The monoisotopic (exact) mass is 419 g/mol. The Labute approximate surface area is 181 Å². The molecule has 1 heterocycles. The molecule has 6 heteroatoms. The lowest BCUT2D eigenvalue weighted by molar-refractivity contribution is -0.145. The van der Waals surface area contributed by atoms with Gasteiger partial charge in [0, 0.05) is 12.1 Å². The smallest absolute Gasteiger partial charge is 0.308 e. The Balaban J connectivity index is 1.26. The number of carbonyl (C=O) groups excluding carboxylic acids is 4. The molecule has 2 aliphatic rings. The molecule has 0 radical (unpaired) electrons. The minimum absolute atomic E-state index is 0.0173. The van der Waals surface area contributed by atoms with Crippen LogP contribution in [-0.4, -0.2) is 41.6 Å². The largest absolute Gasteiger partial charge is 0.457 e. The molecule has 1 saturated heterocycles. The maximum Gasteiger partial charge on any atom is 0.308 e. The summed E-state index contributed by atoms with van der Waals surface area (Å²) in [6, 6.07) is 17.0. The standard InChI is InChI=1S/C25H25NO5/c27-22(19-12-10-18(11-13-19)17-6-2-1-3-7-17)16-31-23(28)14-15-26-24(29)20-8-4-5-9-21(20)25(26)30/h1-3,6-7,10-13,20-21H,4-5,8-9,14-16H2/t20-,21-/m1/s1. The van der Waals surface area contributed by atoms with Crippen molar-refractivity contribution in [2.24, 2.45) is 11.8 Å². The van der Waals surface area contributed by atoms with Crippen LogP contribution in [0.4, 0.5) is 0 Å². The lowest BCUT2D eigenvalue weighted by Crippen LogP contribution is -2.33. The molecular weight excluding hydrogens is 394 g/mol. The van der Waals surface area contributed by atoms with Crippen molar-refractivity contribution in [3.05, 3.63) is 60.2 Å². The summed E-state index contributed by atoms with van der Waals surface area (Å²) >= 11 is 0. The Hall–Kier alpha value is -3.28. The molecule has 6 nitrogen and oxygen atoms in total. The molecule has 2 aromatic carbocycles. The molecule has 0 spiro atoms. The SMILES string of the molecule is O=C(CCN1C(=O)[C@@H]2CCCC[C@H]2C1=O)OCC(=O)c1ccc(-c2ccccc2)cc1. The highest BCUT2D eigenvalue weighted by molar-refractivity contribution is 6.05. The zero-order valence-corrected chi connectivity index (χ0v) is 17.3. The number of Topliss-reactive ketones (excluding diaryl/α,β-unsaturated/α-hetero) is 1. The molecule has 2 amide bonds. The summed E-state index contributed by atoms with van der Waals surface area (Å²) in [5.41, 5.74) is 2.51. The molecule has 2 aromatic rings. The number of carbonyl (C=O) groups is 4. The highest BCUT2D eigenvalue weighted by Crippen LogP contribution is 2.38. The molecule has 0 unspecified atom stereocenters. The number of hydrogen-bond acceptors (Lipinski definition) is 5. The molecule has 31 heavy (non-hydrogen) atoms. The minimum atomic E-state index is -0.593. The Morgan fingerprint density at radius 1 is 0.839 bits per heavy atom. The second kappa shape index (κ2) is 9.25. The summed E-state index contributed by atoms with van der Waals surface area (Å²) in [6.07, 6.45) is 3.31. The lowest BCUT2D eigenvalue weighted by atomic mass is 9.81. The van der Waals surface area contributed by atoms with E-state index in [-0.39, 0.29) is 49.0 Å². The first-order chi connectivity index (χ1) is 15.0. The van der Waals surface area contributed by atoms with Gasteiger partial charge < -0.3 is 4.74 Å². The van der Waals surface area contributed by atoms with Crippen LogP contribution in [0.5, 0.6) is 0 Å². The van der Waals surface area contributed by atoms with Gasteiger partial charge in [-0.25, -0.2) is 0 Å². The fourth-order valence-corrected chi connectivity index (χ4v) is 4.44. The molecule has 1 saturated carbocycles. The molecule has 1 aliphatic heterocycles. The second-order valence-electron chi connectivity index (χ2n) is 8.10. The van der Waals surface area contributed by atoms with Crippen molar-refractivity contribution in [2.45, 2.75) is 32.1 Å². The van der Waals surface area contributed by atoms with Crippen LogP contribution >= 0.6 is 0 Å². The number of fused-ring (bicyclic) bond motifs is 1. The number of benzene rings is 2. The van der Waals surface area contributed by atoms with Crippen molar-refractivity contribution in [2.75, 3.05) is 13.2 Å². The van der Waals surface area contributed by atoms with E-state index in [1.54, 1.807) is 12.1 Å². The number of hydrogen-bond donors (Lipinski definition) is 0. The third kappa shape index (κ3) is 4.58. The zero-order chi connectivity index (χ0) is 21.8. The van der Waals surface area contributed by atoms with Gasteiger partial charge in [0.25, 0.3) is 0 Å². The highest BCUT2D eigenvalue weighted by atomic mass is 16.5. The van der Waals surface area contributed by atoms with Gasteiger partial charge in [-0.15, -0.1) is 0 Å². The van der Waals surface area contributed by atoms with Gasteiger partial charge in [0.2, 0.25) is 11.8 Å². The molecule has 0 bridgehead atoms. The quantitative estimate of drug-likeness (QED) is 0.389. The van der Waals surface area contributed by atoms with Crippen LogP contribution in [0.15, 0.2) is 54.6 Å². The number of nitrogens with zero attached hydrogens (tertiary/aromatic N) is 1. The number of ether oxygens (including phenoxy) is 1. The normalized spacial score (nSPS) is 20.5. The molecule has 1 aliphatic carbocycles. The van der Waals surface area contributed by atoms with E-state index in [1.807, 2.05) is 42.5 Å². The number of likely N-dealkylation sites (tertiary alicyclic amines) is 1. The van der Waals surface area contributed by atoms with Crippen molar-refractivity contribution in [3.63, 3.8) is 0 Å². The van der Waals surface area contributed by atoms with E-state index in [1.165, 1.54) is 4.90 Å². The first kappa shape index (κ1) is 21.0. The molecule has 2 fully saturated rings. The number of imide groups is 1. The fraction of sp³-hybridized carbons (Fsp3) is 0.360. The van der Waals surface area contributed by atoms with Crippen LogP contribution in [0.1, 0.15) is 42.5 Å². The van der Waals surface area contributed by atoms with Gasteiger partial charge in [0.05, 0.1) is 18.3 Å². The number of rotatable bonds is 7. The zero-order valence-electron chi connectivity index (χ0n) is 17.3. The Kier molecular flexibility index (Phi) is 6.26. The lowest BCUT2D eigenvalue weighted by Gasteiger charge is -2.19. The average Bonchev–Trinajstić information content (AvgIpc) is 3.06. The van der Waals surface area contributed by atoms with Gasteiger partial charge in [0.1, 0.15) is 0 Å². The fourth-order valence-electron chi connectivity index (χ4n) is 4.44. The predicted octanol–water partition coefficient (Wildman–Crippen LogP) is 3.64. The van der Waals surface area contributed by atoms with Crippen molar-refractivity contribution >= 4 is 23.6 Å². The number of esters is 1. The summed E-state index contributed by atoms with van der Waals surface area (Å²) in [5.74, 6) is -1.68. The first-order valence-corrected chi connectivity index (χ1v) is 10.7. The van der Waals surface area contributed by atoms with E-state index in [0.717, 1.165) is 36.8 Å². The Bertz CT molecular complexity index is 959. The molecule has 4 rings (SSSR count). The Morgan fingerprint density at radius 2 is 1.42 bits per heavy atom. The summed E-state index contributed by atoms with van der Waals surface area (Å²) < 4.78 is 5.08. The highest BCUT2D eigenvalue weighted by Gasteiger charge is 2.47. The van der Waals surface area contributed by atoms with E-state index in [9.17, 15) is 19.2 Å². The molecule has 0 aromatic heterocycles. The maximum atomic E-state index is 12.4. The minimum Gasteiger partial charge on any atom is -0.457 e. The summed E-state index contributed by atoms with van der Waals surface area (Å²) in [6.45, 7) is -0.347. The van der Waals surface area contributed by atoms with E-state index in [0.29, 0.717) is 5.56 Å². The molecular formula is C25H25NO5. The van der Waals surface area contributed by atoms with Crippen LogP contribution in [0.2, 0.25) is 0 Å². The van der Waals surface area contributed by atoms with Gasteiger partial charge in [-0.05, 0) is 24.0 Å². The van der Waals surface area contributed by atoms with Crippen molar-refractivity contribution in [1.29, 1.82) is 0 Å². The molecule has 0 N–H and O–H groups in total. The van der Waals surface area contributed by atoms with E-state index >= 15 is 0 Å². The number of ketones is 1. The van der Waals surface area contributed by atoms with Crippen LogP contribution in [0.25, 0.3) is 11.1 Å². The molecule has 2 atom stereocenters. The van der Waals surface area contributed by atoms with E-state index in [2.05, 4.69) is 0 Å². The van der Waals surface area contributed by atoms with Crippen molar-refractivity contribution in [1.82, 2.24) is 4.90 Å². The molecule has 160 valence electrons. The third-order valence-corrected chi connectivity index (χ3v) is 6.15. The van der Waals surface area contributed by atoms with Gasteiger partial charge in [-0.2, -0.15) is 0 Å². The second-order valence-corrected chi connectivity index (χ2v) is 8.10. The van der Waals surface area contributed by atoms with Gasteiger partial charge >= 0.3 is 5.97 Å². The third-order valence-electron chi connectivity index (χ3n) is 6.15. The topological polar surface area (TPSA) is 80.8 Å². The Morgan fingerprint density at radius 3 is 2.03 bits per heavy atom. The van der Waals surface area contributed by atoms with Crippen LogP contribution < -0.4 is 0 Å². The predicted molar refractivity (Wildman–Crippen MR) is 114 cm³/mol. The summed E-state index contributed by atoms with van der Waals surface area (Å²) in [4.78, 5) is 50.5. The van der Waals surface area contributed by atoms with Crippen LogP contribution in [0.3, 0.4) is 0 Å². The van der Waals surface area contributed by atoms with E-state index < -0.39 is 5.97 Å². The van der Waals surface area contributed by atoms with Gasteiger partial charge in [-0.3, -0.25) is 24.1 Å².